The van der Waals surface area contributed by atoms with Gasteiger partial charge in [0.25, 0.3) is 0 Å². The minimum Gasteiger partial charge on any atom is -0.384 e. The van der Waals surface area contributed by atoms with Crippen molar-refractivity contribution in [1.29, 1.82) is 0 Å². The molecule has 0 saturated carbocycles. The topological polar surface area (TPSA) is 56.7 Å². The highest BCUT2D eigenvalue weighted by atomic mass is 35.5. The van der Waals surface area contributed by atoms with Crippen LogP contribution in [0.1, 0.15) is 17.1 Å². The average Bonchev–Trinajstić information content (AvgIpc) is 2.51. The van der Waals surface area contributed by atoms with Crippen molar-refractivity contribution >= 4 is 17.4 Å². The lowest BCUT2D eigenvalue weighted by Crippen LogP contribution is -2.07. The molecule has 0 saturated heterocycles. The maximum absolute atomic E-state index is 6.05. The summed E-state index contributed by atoms with van der Waals surface area (Å²) in [5.41, 5.74) is 8.43. The number of hydrogen-bond acceptors (Lipinski definition) is 3. The monoisotopic (exact) mass is 236 g/mol. The van der Waals surface area contributed by atoms with Crippen molar-refractivity contribution in [2.45, 2.75) is 20.4 Å². The molecule has 0 aliphatic carbocycles. The van der Waals surface area contributed by atoms with Gasteiger partial charge in [-0.25, -0.2) is 4.98 Å². The normalized spacial score (nSPS) is 10.7. The summed E-state index contributed by atoms with van der Waals surface area (Å²) in [6, 6.07) is 5.46. The first-order valence-electron chi connectivity index (χ1n) is 4.98. The minimum atomic E-state index is 0.473. The first-order chi connectivity index (χ1) is 7.56. The fraction of sp³-hybridized carbons (Fsp3) is 0.273. The third-order valence-corrected chi connectivity index (χ3v) is 2.69. The Morgan fingerprint density at radius 2 is 2.12 bits per heavy atom. The SMILES string of the molecule is Cc1cc(C)n(Cc2nc(N)ccc2Cl)n1. The van der Waals surface area contributed by atoms with Gasteiger partial charge in [0.15, 0.2) is 0 Å². The summed E-state index contributed by atoms with van der Waals surface area (Å²) >= 11 is 6.05. The highest BCUT2D eigenvalue weighted by Crippen LogP contribution is 2.17. The van der Waals surface area contributed by atoms with Gasteiger partial charge in [0.2, 0.25) is 0 Å². The first kappa shape index (κ1) is 11.0. The average molecular weight is 237 g/mol. The van der Waals surface area contributed by atoms with E-state index in [9.17, 15) is 0 Å². The van der Waals surface area contributed by atoms with Crippen LogP contribution in [0.15, 0.2) is 18.2 Å². The van der Waals surface area contributed by atoms with Crippen LogP contribution in [0.5, 0.6) is 0 Å². The van der Waals surface area contributed by atoms with Gasteiger partial charge in [-0.3, -0.25) is 4.68 Å². The van der Waals surface area contributed by atoms with Crippen LogP contribution in [0.25, 0.3) is 0 Å². The maximum Gasteiger partial charge on any atom is 0.123 e. The number of aryl methyl sites for hydroxylation is 2. The van der Waals surface area contributed by atoms with Crippen LogP contribution in [0.4, 0.5) is 5.82 Å². The van der Waals surface area contributed by atoms with Gasteiger partial charge in [-0.05, 0) is 32.0 Å². The highest BCUT2D eigenvalue weighted by molar-refractivity contribution is 6.31. The number of pyridine rings is 1. The third-order valence-electron chi connectivity index (χ3n) is 2.34. The number of aromatic nitrogens is 3. The standard InChI is InChI=1S/C11H13ClN4/c1-7-5-8(2)16(15-7)6-10-9(12)3-4-11(13)14-10/h3-5H,6H2,1-2H3,(H2,13,14). The summed E-state index contributed by atoms with van der Waals surface area (Å²) in [6.07, 6.45) is 0. The molecule has 2 heterocycles. The quantitative estimate of drug-likeness (QED) is 0.870. The number of rotatable bonds is 2. The molecule has 0 fully saturated rings. The van der Waals surface area contributed by atoms with Crippen LogP contribution < -0.4 is 5.73 Å². The van der Waals surface area contributed by atoms with E-state index in [0.29, 0.717) is 17.4 Å². The van der Waals surface area contributed by atoms with Crippen molar-refractivity contribution in [1.82, 2.24) is 14.8 Å². The summed E-state index contributed by atoms with van der Waals surface area (Å²) in [5.74, 6) is 0.473. The van der Waals surface area contributed by atoms with E-state index in [-0.39, 0.29) is 0 Å². The molecule has 0 spiro atoms. The van der Waals surface area contributed by atoms with Crippen LogP contribution in [0, 0.1) is 13.8 Å². The van der Waals surface area contributed by atoms with Crippen molar-refractivity contribution in [3.8, 4) is 0 Å². The van der Waals surface area contributed by atoms with E-state index in [4.69, 9.17) is 17.3 Å². The molecule has 0 atom stereocenters. The molecule has 84 valence electrons. The summed E-state index contributed by atoms with van der Waals surface area (Å²) < 4.78 is 1.86. The molecule has 2 aromatic rings. The fourth-order valence-electron chi connectivity index (χ4n) is 1.59. The minimum absolute atomic E-state index is 0.473. The van der Waals surface area contributed by atoms with Crippen molar-refractivity contribution in [3.05, 3.63) is 40.3 Å². The van der Waals surface area contributed by atoms with E-state index in [1.54, 1.807) is 12.1 Å². The molecule has 0 aliphatic heterocycles. The Bertz CT molecular complexity index is 519. The second kappa shape index (κ2) is 4.14. The number of nitrogen functional groups attached to an aromatic ring is 1. The van der Waals surface area contributed by atoms with Gasteiger partial charge in [-0.1, -0.05) is 11.6 Å². The summed E-state index contributed by atoms with van der Waals surface area (Å²) in [6.45, 7) is 4.50. The smallest absolute Gasteiger partial charge is 0.123 e. The molecule has 2 N–H and O–H groups in total. The Labute approximate surface area is 99.1 Å². The van der Waals surface area contributed by atoms with Gasteiger partial charge in [0, 0.05) is 5.69 Å². The fourth-order valence-corrected chi connectivity index (χ4v) is 1.75. The number of halogens is 1. The summed E-state index contributed by atoms with van der Waals surface area (Å²) in [4.78, 5) is 4.20. The van der Waals surface area contributed by atoms with E-state index in [1.807, 2.05) is 24.6 Å². The highest BCUT2D eigenvalue weighted by Gasteiger charge is 2.07. The van der Waals surface area contributed by atoms with Gasteiger partial charge in [-0.2, -0.15) is 5.10 Å². The summed E-state index contributed by atoms with van der Waals surface area (Å²) in [7, 11) is 0. The summed E-state index contributed by atoms with van der Waals surface area (Å²) in [5, 5.41) is 4.97. The predicted octanol–water partition coefficient (Wildman–Crippen LogP) is 2.18. The number of hydrogen-bond donors (Lipinski definition) is 1. The van der Waals surface area contributed by atoms with Crippen molar-refractivity contribution in [2.75, 3.05) is 5.73 Å². The molecule has 2 aromatic heterocycles. The maximum atomic E-state index is 6.05. The second-order valence-electron chi connectivity index (χ2n) is 3.75. The predicted molar refractivity (Wildman–Crippen MR) is 64.5 cm³/mol. The lowest BCUT2D eigenvalue weighted by atomic mass is 10.3. The van der Waals surface area contributed by atoms with Crippen molar-refractivity contribution in [3.63, 3.8) is 0 Å². The van der Waals surface area contributed by atoms with Gasteiger partial charge in [0.05, 0.1) is 23.0 Å². The Balaban J connectivity index is 2.33. The molecule has 0 unspecified atom stereocenters. The van der Waals surface area contributed by atoms with Crippen LogP contribution >= 0.6 is 11.6 Å². The molecule has 0 amide bonds. The van der Waals surface area contributed by atoms with E-state index >= 15 is 0 Å². The molecule has 0 aliphatic rings. The molecule has 2 rings (SSSR count). The van der Waals surface area contributed by atoms with Crippen molar-refractivity contribution < 1.29 is 0 Å². The lowest BCUT2D eigenvalue weighted by molar-refractivity contribution is 0.647. The third kappa shape index (κ3) is 2.17. The van der Waals surface area contributed by atoms with E-state index in [2.05, 4.69) is 10.1 Å². The van der Waals surface area contributed by atoms with E-state index in [1.165, 1.54) is 0 Å². The molecule has 5 heteroatoms. The zero-order valence-electron chi connectivity index (χ0n) is 9.24. The van der Waals surface area contributed by atoms with Crippen LogP contribution in [0.3, 0.4) is 0 Å². The van der Waals surface area contributed by atoms with Gasteiger partial charge >= 0.3 is 0 Å². The van der Waals surface area contributed by atoms with Gasteiger partial charge in [0.1, 0.15) is 5.82 Å². The Morgan fingerprint density at radius 3 is 2.75 bits per heavy atom. The Morgan fingerprint density at radius 1 is 1.38 bits per heavy atom. The van der Waals surface area contributed by atoms with Gasteiger partial charge < -0.3 is 5.73 Å². The molecular weight excluding hydrogens is 224 g/mol. The number of nitrogens with two attached hydrogens (primary N) is 1. The van der Waals surface area contributed by atoms with Crippen LogP contribution in [-0.2, 0) is 6.54 Å². The molecule has 0 radical (unpaired) electrons. The Hall–Kier alpha value is -1.55. The first-order valence-corrected chi connectivity index (χ1v) is 5.36. The number of anilines is 1. The van der Waals surface area contributed by atoms with Gasteiger partial charge in [-0.15, -0.1) is 0 Å². The van der Waals surface area contributed by atoms with Crippen molar-refractivity contribution in [2.24, 2.45) is 0 Å². The van der Waals surface area contributed by atoms with Crippen LogP contribution in [0.2, 0.25) is 5.02 Å². The molecular formula is C11H13ClN4. The zero-order valence-corrected chi connectivity index (χ0v) is 9.99. The molecule has 0 bridgehead atoms. The van der Waals surface area contributed by atoms with E-state index in [0.717, 1.165) is 17.1 Å². The lowest BCUT2D eigenvalue weighted by Gasteiger charge is -2.06. The zero-order chi connectivity index (χ0) is 11.7. The number of nitrogens with zero attached hydrogens (tertiary/aromatic N) is 3. The molecule has 0 aromatic carbocycles. The second-order valence-corrected chi connectivity index (χ2v) is 4.16. The molecule has 4 nitrogen and oxygen atoms in total. The Kier molecular flexibility index (Phi) is 2.83. The van der Waals surface area contributed by atoms with E-state index < -0.39 is 0 Å². The largest absolute Gasteiger partial charge is 0.384 e. The van der Waals surface area contributed by atoms with Crippen LogP contribution in [-0.4, -0.2) is 14.8 Å². The molecule has 16 heavy (non-hydrogen) atoms.